The number of hydrogen-bond acceptors (Lipinski definition) is 4. The first-order valence-corrected chi connectivity index (χ1v) is 6.16. The summed E-state index contributed by atoms with van der Waals surface area (Å²) in [5, 5.41) is 6.93. The minimum Gasteiger partial charge on any atom is -0.491 e. The summed E-state index contributed by atoms with van der Waals surface area (Å²) in [5.41, 5.74) is 1.04. The second-order valence-corrected chi connectivity index (χ2v) is 4.38. The van der Waals surface area contributed by atoms with Crippen LogP contribution < -0.4 is 10.1 Å². The van der Waals surface area contributed by atoms with Crippen LogP contribution in [0.25, 0.3) is 0 Å². The molecule has 98 valence electrons. The number of amides is 1. The van der Waals surface area contributed by atoms with Crippen LogP contribution in [0.2, 0.25) is 0 Å². The minimum absolute atomic E-state index is 0.0131. The number of aromatic nitrogens is 3. The molecule has 2 heterocycles. The van der Waals surface area contributed by atoms with Crippen molar-refractivity contribution in [3.8, 4) is 5.75 Å². The molecule has 19 heavy (non-hydrogen) atoms. The fraction of sp³-hybridized carbons (Fsp3) is 0.308. The van der Waals surface area contributed by atoms with Crippen molar-refractivity contribution in [2.75, 3.05) is 6.61 Å². The molecule has 0 aliphatic carbocycles. The van der Waals surface area contributed by atoms with Gasteiger partial charge < -0.3 is 10.1 Å². The van der Waals surface area contributed by atoms with Crippen LogP contribution in [0.3, 0.4) is 0 Å². The number of fused-ring (bicyclic) bond motifs is 1. The topological polar surface area (TPSA) is 69.0 Å². The van der Waals surface area contributed by atoms with Crippen molar-refractivity contribution in [3.05, 3.63) is 42.5 Å². The van der Waals surface area contributed by atoms with E-state index >= 15 is 0 Å². The quantitative estimate of drug-likeness (QED) is 0.885. The Labute approximate surface area is 110 Å². The zero-order valence-corrected chi connectivity index (χ0v) is 10.3. The van der Waals surface area contributed by atoms with Crippen molar-refractivity contribution < 1.29 is 9.53 Å². The Kier molecular flexibility index (Phi) is 3.14. The molecule has 6 heteroatoms. The van der Waals surface area contributed by atoms with Crippen molar-refractivity contribution in [2.24, 2.45) is 0 Å². The predicted octanol–water partition coefficient (Wildman–Crippen LogP) is 0.918. The lowest BCUT2D eigenvalue weighted by Gasteiger charge is -2.11. The number of rotatable bonds is 4. The van der Waals surface area contributed by atoms with Gasteiger partial charge in [0.2, 0.25) is 5.91 Å². The first-order valence-electron chi connectivity index (χ1n) is 6.16. The van der Waals surface area contributed by atoms with Crippen LogP contribution >= 0.6 is 0 Å². The second kappa shape index (κ2) is 5.09. The summed E-state index contributed by atoms with van der Waals surface area (Å²) in [7, 11) is 0. The summed E-state index contributed by atoms with van der Waals surface area (Å²) >= 11 is 0. The van der Waals surface area contributed by atoms with Gasteiger partial charge in [0, 0.05) is 12.0 Å². The summed E-state index contributed by atoms with van der Waals surface area (Å²) in [4.78, 5) is 15.7. The maximum atomic E-state index is 11.9. The van der Waals surface area contributed by atoms with Crippen LogP contribution in [0.1, 0.15) is 18.0 Å². The highest BCUT2D eigenvalue weighted by atomic mass is 16.5. The molecule has 0 spiro atoms. The van der Waals surface area contributed by atoms with E-state index < -0.39 is 0 Å². The average molecular weight is 258 g/mol. The molecule has 1 aromatic carbocycles. The molecule has 1 aliphatic rings. The van der Waals surface area contributed by atoms with E-state index in [-0.39, 0.29) is 11.9 Å². The van der Waals surface area contributed by atoms with Crippen molar-refractivity contribution in [2.45, 2.75) is 19.0 Å². The van der Waals surface area contributed by atoms with Gasteiger partial charge >= 0.3 is 0 Å². The lowest BCUT2D eigenvalue weighted by atomic mass is 10.1. The van der Waals surface area contributed by atoms with Gasteiger partial charge in [0.05, 0.1) is 12.6 Å². The Morgan fingerprint density at radius 2 is 2.37 bits per heavy atom. The third kappa shape index (κ3) is 2.57. The van der Waals surface area contributed by atoms with E-state index in [0.717, 1.165) is 11.3 Å². The molecule has 0 saturated heterocycles. The Bertz CT molecular complexity index is 568. The van der Waals surface area contributed by atoms with Crippen molar-refractivity contribution >= 4 is 5.91 Å². The molecule has 0 fully saturated rings. The number of hydrogen-bond donors (Lipinski definition) is 1. The van der Waals surface area contributed by atoms with Crippen LogP contribution in [-0.4, -0.2) is 27.3 Å². The third-order valence-corrected chi connectivity index (χ3v) is 3.07. The highest BCUT2D eigenvalue weighted by molar-refractivity contribution is 5.76. The highest BCUT2D eigenvalue weighted by Crippen LogP contribution is 2.31. The van der Waals surface area contributed by atoms with Crippen molar-refractivity contribution in [1.29, 1.82) is 0 Å². The zero-order chi connectivity index (χ0) is 13.1. The fourth-order valence-corrected chi connectivity index (χ4v) is 2.11. The van der Waals surface area contributed by atoms with Gasteiger partial charge in [0.15, 0.2) is 0 Å². The van der Waals surface area contributed by atoms with E-state index in [0.29, 0.717) is 19.6 Å². The molecule has 1 aromatic heterocycles. The third-order valence-electron chi connectivity index (χ3n) is 3.07. The fourth-order valence-electron chi connectivity index (χ4n) is 2.11. The normalized spacial score (nSPS) is 16.7. The van der Waals surface area contributed by atoms with Gasteiger partial charge in [0.1, 0.15) is 25.0 Å². The van der Waals surface area contributed by atoms with Gasteiger partial charge in [0.25, 0.3) is 0 Å². The lowest BCUT2D eigenvalue weighted by Crippen LogP contribution is -2.30. The Morgan fingerprint density at radius 3 is 3.21 bits per heavy atom. The molecular formula is C13H14N4O2. The van der Waals surface area contributed by atoms with Gasteiger partial charge in [-0.3, -0.25) is 9.48 Å². The standard InChI is InChI=1S/C13H14N4O2/c18-13(5-6-17-9-14-8-15-17)16-11-7-19-12-4-2-1-3-10(11)12/h1-4,8-9,11H,5-7H2,(H,16,18)/t11-/m1/s1. The number of carbonyl (C=O) groups is 1. The van der Waals surface area contributed by atoms with Crippen molar-refractivity contribution in [1.82, 2.24) is 20.1 Å². The maximum Gasteiger partial charge on any atom is 0.222 e. The van der Waals surface area contributed by atoms with E-state index in [9.17, 15) is 4.79 Å². The number of carbonyl (C=O) groups excluding carboxylic acids is 1. The van der Waals surface area contributed by atoms with E-state index in [2.05, 4.69) is 15.4 Å². The first-order chi connectivity index (χ1) is 9.33. The minimum atomic E-state index is -0.0561. The zero-order valence-electron chi connectivity index (χ0n) is 10.3. The SMILES string of the molecule is O=C(CCn1cncn1)N[C@@H]1COc2ccccc21. The Morgan fingerprint density at radius 1 is 1.47 bits per heavy atom. The van der Waals surface area contributed by atoms with Gasteiger partial charge in [-0.05, 0) is 6.07 Å². The van der Waals surface area contributed by atoms with Crippen LogP contribution in [0.15, 0.2) is 36.9 Å². The van der Waals surface area contributed by atoms with E-state index in [4.69, 9.17) is 4.74 Å². The Balaban J connectivity index is 1.56. The summed E-state index contributed by atoms with van der Waals surface area (Å²) in [6.45, 7) is 1.02. The summed E-state index contributed by atoms with van der Waals surface area (Å²) < 4.78 is 7.16. The summed E-state index contributed by atoms with van der Waals surface area (Å²) in [6.07, 6.45) is 3.43. The number of nitrogens with zero attached hydrogens (tertiary/aromatic N) is 3. The van der Waals surface area contributed by atoms with E-state index in [1.807, 2.05) is 24.3 Å². The molecule has 0 radical (unpaired) electrons. The monoisotopic (exact) mass is 258 g/mol. The molecule has 0 bridgehead atoms. The summed E-state index contributed by atoms with van der Waals surface area (Å²) in [6, 6.07) is 7.71. The lowest BCUT2D eigenvalue weighted by molar-refractivity contribution is -0.122. The van der Waals surface area contributed by atoms with E-state index in [1.54, 1.807) is 11.0 Å². The number of ether oxygens (including phenoxy) is 1. The van der Waals surface area contributed by atoms with Gasteiger partial charge in [-0.25, -0.2) is 4.98 Å². The van der Waals surface area contributed by atoms with Gasteiger partial charge in [-0.15, -0.1) is 0 Å². The van der Waals surface area contributed by atoms with Crippen LogP contribution in [0, 0.1) is 0 Å². The van der Waals surface area contributed by atoms with Gasteiger partial charge in [-0.1, -0.05) is 18.2 Å². The molecule has 1 amide bonds. The molecule has 0 saturated carbocycles. The second-order valence-electron chi connectivity index (χ2n) is 4.38. The smallest absolute Gasteiger partial charge is 0.222 e. The number of para-hydroxylation sites is 1. The number of benzene rings is 1. The number of nitrogens with one attached hydrogen (secondary N) is 1. The molecule has 1 atom stereocenters. The highest BCUT2D eigenvalue weighted by Gasteiger charge is 2.24. The first kappa shape index (κ1) is 11.7. The predicted molar refractivity (Wildman–Crippen MR) is 67.5 cm³/mol. The van der Waals surface area contributed by atoms with Crippen LogP contribution in [0.5, 0.6) is 5.75 Å². The number of aryl methyl sites for hydroxylation is 1. The van der Waals surface area contributed by atoms with Gasteiger partial charge in [-0.2, -0.15) is 5.10 Å². The largest absolute Gasteiger partial charge is 0.491 e. The molecule has 6 nitrogen and oxygen atoms in total. The molecule has 0 unspecified atom stereocenters. The van der Waals surface area contributed by atoms with Crippen LogP contribution in [-0.2, 0) is 11.3 Å². The molecule has 1 N–H and O–H groups in total. The van der Waals surface area contributed by atoms with Crippen molar-refractivity contribution in [3.63, 3.8) is 0 Å². The van der Waals surface area contributed by atoms with Crippen LogP contribution in [0.4, 0.5) is 0 Å². The molecule has 1 aliphatic heterocycles. The van der Waals surface area contributed by atoms with E-state index in [1.165, 1.54) is 6.33 Å². The average Bonchev–Trinajstić information content (AvgIpc) is 3.07. The molecule has 2 aromatic rings. The maximum absolute atomic E-state index is 11.9. The summed E-state index contributed by atoms with van der Waals surface area (Å²) in [5.74, 6) is 0.838. The molecular weight excluding hydrogens is 244 g/mol. The molecule has 3 rings (SSSR count). The Hall–Kier alpha value is -2.37.